The fourth-order valence-electron chi connectivity index (χ4n) is 2.25. The molecule has 1 N–H and O–H groups in total. The fraction of sp³-hybridized carbons (Fsp3) is 0.312. The van der Waals surface area contributed by atoms with Gasteiger partial charge in [0.15, 0.2) is 0 Å². The molecule has 0 aliphatic rings. The number of halogens is 4. The molecule has 0 bridgehead atoms. The summed E-state index contributed by atoms with van der Waals surface area (Å²) in [6.07, 6.45) is -4.37. The van der Waals surface area contributed by atoms with Crippen LogP contribution in [0, 0.1) is 0 Å². The molecule has 6 nitrogen and oxygen atoms in total. The lowest BCUT2D eigenvalue weighted by atomic mass is 10.1. The summed E-state index contributed by atoms with van der Waals surface area (Å²) in [6.45, 7) is 1.19. The molecular weight excluding hydrogens is 403 g/mol. The van der Waals surface area contributed by atoms with E-state index < -0.39 is 11.7 Å². The molecule has 2 heterocycles. The van der Waals surface area contributed by atoms with Crippen LogP contribution in [0.15, 0.2) is 46.0 Å². The van der Waals surface area contributed by atoms with E-state index in [4.69, 9.17) is 4.42 Å². The molecule has 0 fully saturated rings. The van der Waals surface area contributed by atoms with Gasteiger partial charge < -0.3 is 9.73 Å². The predicted molar refractivity (Wildman–Crippen MR) is 97.6 cm³/mol. The van der Waals surface area contributed by atoms with Crippen LogP contribution < -0.4 is 5.32 Å². The maximum absolute atomic E-state index is 12.8. The van der Waals surface area contributed by atoms with E-state index in [9.17, 15) is 13.2 Å². The molecule has 2 aromatic heterocycles. The number of aryl methyl sites for hydroxylation is 1. The molecule has 0 unspecified atom stereocenters. The largest absolute Gasteiger partial charge is 0.460 e. The van der Waals surface area contributed by atoms with Crippen LogP contribution in [0.3, 0.4) is 0 Å². The molecule has 3 rings (SSSR count). The first-order valence-corrected chi connectivity index (χ1v) is 8.74. The Morgan fingerprint density at radius 1 is 1.22 bits per heavy atom. The van der Waals surface area contributed by atoms with Crippen LogP contribution in [0.5, 0.6) is 0 Å². The maximum atomic E-state index is 12.8. The van der Waals surface area contributed by atoms with Crippen molar-refractivity contribution in [3.8, 4) is 11.3 Å². The molecule has 0 saturated heterocycles. The second-order valence-electron chi connectivity index (χ2n) is 5.45. The smallest absolute Gasteiger partial charge is 0.416 e. The van der Waals surface area contributed by atoms with Crippen molar-refractivity contribution in [1.29, 1.82) is 0 Å². The van der Waals surface area contributed by atoms with Crippen LogP contribution in [0.25, 0.3) is 11.3 Å². The molecule has 0 spiro atoms. The van der Waals surface area contributed by atoms with Crippen molar-refractivity contribution in [3.63, 3.8) is 0 Å². The second-order valence-corrected chi connectivity index (χ2v) is 6.52. The molecule has 0 radical (unpaired) electrons. The van der Waals surface area contributed by atoms with Gasteiger partial charge in [0.1, 0.15) is 11.5 Å². The highest BCUT2D eigenvalue weighted by molar-refractivity contribution is 7.99. The Labute approximate surface area is 163 Å². The Bertz CT molecular complexity index is 868. The highest BCUT2D eigenvalue weighted by atomic mass is 35.5. The van der Waals surface area contributed by atoms with Gasteiger partial charge in [-0.2, -0.15) is 13.2 Å². The van der Waals surface area contributed by atoms with E-state index in [1.807, 2.05) is 0 Å². The Hall–Kier alpha value is -2.04. The zero-order valence-electron chi connectivity index (χ0n) is 14.2. The summed E-state index contributed by atoms with van der Waals surface area (Å²) >= 11 is 1.52. The quantitative estimate of drug-likeness (QED) is 0.464. The first-order chi connectivity index (χ1) is 12.4. The van der Waals surface area contributed by atoms with Crippen molar-refractivity contribution in [2.75, 3.05) is 12.3 Å². The normalized spacial score (nSPS) is 11.4. The number of furan rings is 1. The van der Waals surface area contributed by atoms with Gasteiger partial charge in [0.05, 0.1) is 12.1 Å². The van der Waals surface area contributed by atoms with Crippen LogP contribution in [-0.4, -0.2) is 32.5 Å². The average Bonchev–Trinajstić information content (AvgIpc) is 3.23. The number of nitrogens with one attached hydrogen (secondary N) is 1. The van der Waals surface area contributed by atoms with E-state index in [1.165, 1.54) is 17.8 Å². The van der Waals surface area contributed by atoms with Gasteiger partial charge in [0, 0.05) is 24.9 Å². The molecular formula is C16H17ClF3N5OS. The van der Waals surface area contributed by atoms with Crippen molar-refractivity contribution in [1.82, 2.24) is 25.5 Å². The molecule has 11 heteroatoms. The molecule has 0 saturated carbocycles. The lowest BCUT2D eigenvalue weighted by Gasteiger charge is -2.07. The summed E-state index contributed by atoms with van der Waals surface area (Å²) in [5.74, 6) is 1.84. The minimum Gasteiger partial charge on any atom is -0.460 e. The molecule has 0 aliphatic carbocycles. The van der Waals surface area contributed by atoms with Gasteiger partial charge in [-0.05, 0) is 34.7 Å². The standard InChI is InChI=1S/C16H16F3N5OS.ClH/c1-24-15(21-22-23-24)26-8-7-20-10-13-5-6-14(25-13)11-3-2-4-12(9-11)16(17,18)19;/h2-6,9,20H,7-8,10H2,1H3;1H. The first kappa shape index (κ1) is 21.3. The van der Waals surface area contributed by atoms with Gasteiger partial charge in [-0.3, -0.25) is 0 Å². The summed E-state index contributed by atoms with van der Waals surface area (Å²) in [5, 5.41) is 15.1. The minimum absolute atomic E-state index is 0. The number of aromatic nitrogens is 4. The lowest BCUT2D eigenvalue weighted by molar-refractivity contribution is -0.137. The lowest BCUT2D eigenvalue weighted by Crippen LogP contribution is -2.16. The topological polar surface area (TPSA) is 68.8 Å². The second kappa shape index (κ2) is 9.25. The highest BCUT2D eigenvalue weighted by Crippen LogP contribution is 2.32. The fourth-order valence-corrected chi connectivity index (χ4v) is 2.99. The predicted octanol–water partition coefficient (Wildman–Crippen LogP) is 3.79. The molecule has 1 aromatic carbocycles. The number of benzene rings is 1. The number of alkyl halides is 3. The van der Waals surface area contributed by atoms with Crippen LogP contribution in [0.4, 0.5) is 13.2 Å². The average molecular weight is 420 g/mol. The molecule has 0 amide bonds. The molecule has 3 aromatic rings. The van der Waals surface area contributed by atoms with Gasteiger partial charge in [0.25, 0.3) is 0 Å². The van der Waals surface area contributed by atoms with Crippen molar-refractivity contribution in [3.05, 3.63) is 47.7 Å². The van der Waals surface area contributed by atoms with Crippen molar-refractivity contribution < 1.29 is 17.6 Å². The third-order valence-electron chi connectivity index (χ3n) is 3.53. The minimum atomic E-state index is -4.37. The van der Waals surface area contributed by atoms with E-state index >= 15 is 0 Å². The van der Waals surface area contributed by atoms with E-state index in [2.05, 4.69) is 20.8 Å². The van der Waals surface area contributed by atoms with Crippen LogP contribution >= 0.6 is 24.2 Å². The van der Waals surface area contributed by atoms with Crippen LogP contribution in [0.2, 0.25) is 0 Å². The number of rotatable bonds is 7. The maximum Gasteiger partial charge on any atom is 0.416 e. The summed E-state index contributed by atoms with van der Waals surface area (Å²) in [6, 6.07) is 8.52. The van der Waals surface area contributed by atoms with E-state index in [-0.39, 0.29) is 12.4 Å². The van der Waals surface area contributed by atoms with E-state index in [1.54, 1.807) is 29.9 Å². The third kappa shape index (κ3) is 5.72. The van der Waals surface area contributed by atoms with Gasteiger partial charge in [-0.15, -0.1) is 17.5 Å². The molecule has 0 atom stereocenters. The van der Waals surface area contributed by atoms with E-state index in [0.717, 1.165) is 23.0 Å². The highest BCUT2D eigenvalue weighted by Gasteiger charge is 2.30. The number of hydrogen-bond acceptors (Lipinski definition) is 6. The van der Waals surface area contributed by atoms with Gasteiger partial charge >= 0.3 is 6.18 Å². The summed E-state index contributed by atoms with van der Waals surface area (Å²) in [7, 11) is 1.77. The van der Waals surface area contributed by atoms with Crippen LogP contribution in [-0.2, 0) is 19.8 Å². The molecule has 146 valence electrons. The SMILES string of the molecule is Cl.Cn1nnnc1SCCNCc1ccc(-c2cccc(C(F)(F)F)c2)o1. The monoisotopic (exact) mass is 419 g/mol. The number of thioether (sulfide) groups is 1. The number of nitrogens with zero attached hydrogens (tertiary/aromatic N) is 4. The zero-order valence-corrected chi connectivity index (χ0v) is 15.9. The van der Waals surface area contributed by atoms with Crippen molar-refractivity contribution in [2.45, 2.75) is 17.9 Å². The molecule has 27 heavy (non-hydrogen) atoms. The Morgan fingerprint density at radius 2 is 2.04 bits per heavy atom. The Balaban J connectivity index is 0.00000261. The summed E-state index contributed by atoms with van der Waals surface area (Å²) in [4.78, 5) is 0. The van der Waals surface area contributed by atoms with Crippen molar-refractivity contribution in [2.24, 2.45) is 7.05 Å². The number of tetrazole rings is 1. The summed E-state index contributed by atoms with van der Waals surface area (Å²) in [5.41, 5.74) is -0.294. The van der Waals surface area contributed by atoms with E-state index in [0.29, 0.717) is 30.2 Å². The summed E-state index contributed by atoms with van der Waals surface area (Å²) < 4.78 is 45.6. The van der Waals surface area contributed by atoms with Crippen molar-refractivity contribution >= 4 is 24.2 Å². The van der Waals surface area contributed by atoms with Crippen LogP contribution in [0.1, 0.15) is 11.3 Å². The van der Waals surface area contributed by atoms with Gasteiger partial charge in [-0.1, -0.05) is 23.9 Å². The zero-order chi connectivity index (χ0) is 18.6. The Morgan fingerprint density at radius 3 is 2.74 bits per heavy atom. The molecule has 0 aliphatic heterocycles. The third-order valence-corrected chi connectivity index (χ3v) is 4.54. The Kier molecular flexibility index (Phi) is 7.28. The van der Waals surface area contributed by atoms with Gasteiger partial charge in [0.2, 0.25) is 5.16 Å². The van der Waals surface area contributed by atoms with Gasteiger partial charge in [-0.25, -0.2) is 4.68 Å². The first-order valence-electron chi connectivity index (χ1n) is 7.76. The number of hydrogen-bond donors (Lipinski definition) is 1.